The summed E-state index contributed by atoms with van der Waals surface area (Å²) in [5.74, 6) is 1.51. The molecule has 1 aliphatic carbocycles. The third-order valence-corrected chi connectivity index (χ3v) is 4.49. The average molecular weight is 356 g/mol. The molecule has 0 saturated heterocycles. The number of hydrogen-bond acceptors (Lipinski definition) is 4. The largest absolute Gasteiger partial charge is 0.474 e. The molecule has 7 nitrogen and oxygen atoms in total. The Balaban J connectivity index is 1.36. The van der Waals surface area contributed by atoms with E-state index in [1.54, 1.807) is 13.2 Å². The minimum atomic E-state index is 0.344. The number of aromatic nitrogens is 3. The molecule has 1 fully saturated rings. The number of ether oxygens (including phenoxy) is 1. The minimum Gasteiger partial charge on any atom is -0.474 e. The highest BCUT2D eigenvalue weighted by Gasteiger charge is 2.16. The van der Waals surface area contributed by atoms with E-state index in [1.807, 2.05) is 29.2 Å². The van der Waals surface area contributed by atoms with Crippen molar-refractivity contribution in [2.24, 2.45) is 4.99 Å². The van der Waals surface area contributed by atoms with Crippen LogP contribution in [0.25, 0.3) is 0 Å². The highest BCUT2D eigenvalue weighted by molar-refractivity contribution is 5.79. The van der Waals surface area contributed by atoms with Crippen molar-refractivity contribution < 1.29 is 4.74 Å². The van der Waals surface area contributed by atoms with Gasteiger partial charge in [-0.3, -0.25) is 9.67 Å². The molecule has 2 heterocycles. The van der Waals surface area contributed by atoms with Gasteiger partial charge >= 0.3 is 0 Å². The van der Waals surface area contributed by atoms with E-state index in [9.17, 15) is 0 Å². The van der Waals surface area contributed by atoms with Gasteiger partial charge in [0, 0.05) is 51.3 Å². The zero-order chi connectivity index (χ0) is 18.0. The molecular formula is C19H28N6O. The quantitative estimate of drug-likeness (QED) is 0.431. The topological polar surface area (TPSA) is 76.4 Å². The summed E-state index contributed by atoms with van der Waals surface area (Å²) in [6.45, 7) is 2.41. The van der Waals surface area contributed by atoms with Crippen LogP contribution in [0.4, 0.5) is 0 Å². The Morgan fingerprint density at radius 2 is 2.19 bits per heavy atom. The first-order valence-corrected chi connectivity index (χ1v) is 9.37. The first-order valence-electron chi connectivity index (χ1n) is 9.37. The smallest absolute Gasteiger partial charge is 0.213 e. The van der Waals surface area contributed by atoms with Crippen molar-refractivity contribution in [3.8, 4) is 5.88 Å². The van der Waals surface area contributed by atoms with Crippen LogP contribution in [0.5, 0.6) is 5.88 Å². The van der Waals surface area contributed by atoms with Crippen LogP contribution in [0.3, 0.4) is 0 Å². The van der Waals surface area contributed by atoms with Crippen LogP contribution in [-0.4, -0.2) is 40.4 Å². The summed E-state index contributed by atoms with van der Waals surface area (Å²) in [4.78, 5) is 8.67. The lowest BCUT2D eigenvalue weighted by Crippen LogP contribution is -2.37. The SMILES string of the molecule is CN=C(NCCCn1cccn1)NCc1ccc(OC2CCCC2)nc1. The first-order chi connectivity index (χ1) is 12.8. The average Bonchev–Trinajstić information content (AvgIpc) is 3.36. The molecule has 2 aromatic heterocycles. The van der Waals surface area contributed by atoms with Gasteiger partial charge in [0.15, 0.2) is 5.96 Å². The van der Waals surface area contributed by atoms with Gasteiger partial charge in [-0.25, -0.2) is 4.98 Å². The number of aliphatic imine (C=N–C) groups is 1. The molecule has 0 atom stereocenters. The molecule has 7 heteroatoms. The fraction of sp³-hybridized carbons (Fsp3) is 0.526. The van der Waals surface area contributed by atoms with Crippen LogP contribution >= 0.6 is 0 Å². The lowest BCUT2D eigenvalue weighted by atomic mass is 10.3. The number of pyridine rings is 1. The summed E-state index contributed by atoms with van der Waals surface area (Å²) in [6.07, 6.45) is 11.8. The van der Waals surface area contributed by atoms with Crippen molar-refractivity contribution in [3.05, 3.63) is 42.4 Å². The molecule has 26 heavy (non-hydrogen) atoms. The van der Waals surface area contributed by atoms with Gasteiger partial charge in [0.05, 0.1) is 0 Å². The van der Waals surface area contributed by atoms with Gasteiger partial charge in [-0.1, -0.05) is 6.07 Å². The molecule has 2 N–H and O–H groups in total. The van der Waals surface area contributed by atoms with E-state index in [0.717, 1.165) is 49.8 Å². The fourth-order valence-corrected chi connectivity index (χ4v) is 3.05. The molecule has 0 amide bonds. The Labute approximate surface area is 154 Å². The Hall–Kier alpha value is -2.57. The molecule has 0 spiro atoms. The Morgan fingerprint density at radius 1 is 1.31 bits per heavy atom. The third-order valence-electron chi connectivity index (χ3n) is 4.49. The van der Waals surface area contributed by atoms with Crippen molar-refractivity contribution in [1.82, 2.24) is 25.4 Å². The maximum absolute atomic E-state index is 5.90. The van der Waals surface area contributed by atoms with Crippen LogP contribution < -0.4 is 15.4 Å². The van der Waals surface area contributed by atoms with Gasteiger partial charge in [-0.05, 0) is 43.7 Å². The van der Waals surface area contributed by atoms with Gasteiger partial charge in [0.25, 0.3) is 0 Å². The summed E-state index contributed by atoms with van der Waals surface area (Å²) >= 11 is 0. The van der Waals surface area contributed by atoms with Crippen molar-refractivity contribution in [2.45, 2.75) is 51.3 Å². The van der Waals surface area contributed by atoms with E-state index in [0.29, 0.717) is 12.6 Å². The molecule has 0 radical (unpaired) electrons. The lowest BCUT2D eigenvalue weighted by molar-refractivity contribution is 0.201. The van der Waals surface area contributed by atoms with Crippen molar-refractivity contribution >= 4 is 5.96 Å². The maximum atomic E-state index is 5.90. The van der Waals surface area contributed by atoms with Gasteiger partial charge in [0.1, 0.15) is 6.10 Å². The van der Waals surface area contributed by atoms with Gasteiger partial charge in [-0.2, -0.15) is 5.10 Å². The second kappa shape index (κ2) is 9.79. The minimum absolute atomic E-state index is 0.344. The van der Waals surface area contributed by atoms with E-state index in [2.05, 4.69) is 31.8 Å². The van der Waals surface area contributed by atoms with E-state index < -0.39 is 0 Å². The summed E-state index contributed by atoms with van der Waals surface area (Å²) in [5.41, 5.74) is 1.10. The number of aryl methyl sites for hydroxylation is 1. The summed E-state index contributed by atoms with van der Waals surface area (Å²) in [7, 11) is 1.78. The van der Waals surface area contributed by atoms with E-state index >= 15 is 0 Å². The predicted molar refractivity (Wildman–Crippen MR) is 102 cm³/mol. The molecule has 1 aliphatic rings. The third kappa shape index (κ3) is 5.75. The van der Waals surface area contributed by atoms with Crippen molar-refractivity contribution in [3.63, 3.8) is 0 Å². The van der Waals surface area contributed by atoms with E-state index in [1.165, 1.54) is 12.8 Å². The second-order valence-electron chi connectivity index (χ2n) is 6.50. The molecule has 0 aliphatic heterocycles. The Kier molecular flexibility index (Phi) is 6.87. The van der Waals surface area contributed by atoms with Crippen LogP contribution in [0.2, 0.25) is 0 Å². The highest BCUT2D eigenvalue weighted by atomic mass is 16.5. The van der Waals surface area contributed by atoms with Crippen LogP contribution in [-0.2, 0) is 13.1 Å². The van der Waals surface area contributed by atoms with E-state index in [-0.39, 0.29) is 0 Å². The Bertz CT molecular complexity index is 662. The monoisotopic (exact) mass is 356 g/mol. The van der Waals surface area contributed by atoms with Crippen LogP contribution in [0.1, 0.15) is 37.7 Å². The first kappa shape index (κ1) is 18.2. The maximum Gasteiger partial charge on any atom is 0.213 e. The van der Waals surface area contributed by atoms with Gasteiger partial charge < -0.3 is 15.4 Å². The highest BCUT2D eigenvalue weighted by Crippen LogP contribution is 2.22. The molecular weight excluding hydrogens is 328 g/mol. The summed E-state index contributed by atoms with van der Waals surface area (Å²) in [5, 5.41) is 10.8. The summed E-state index contributed by atoms with van der Waals surface area (Å²) in [6, 6.07) is 5.94. The number of nitrogens with zero attached hydrogens (tertiary/aromatic N) is 4. The van der Waals surface area contributed by atoms with Gasteiger partial charge in [0.2, 0.25) is 5.88 Å². The number of rotatable bonds is 8. The van der Waals surface area contributed by atoms with Crippen LogP contribution in [0, 0.1) is 0 Å². The number of nitrogens with one attached hydrogen (secondary N) is 2. The predicted octanol–water partition coefficient (Wildman–Crippen LogP) is 2.35. The molecule has 3 rings (SSSR count). The number of hydrogen-bond donors (Lipinski definition) is 2. The second-order valence-corrected chi connectivity index (χ2v) is 6.50. The molecule has 1 saturated carbocycles. The Morgan fingerprint density at radius 3 is 2.88 bits per heavy atom. The summed E-state index contributed by atoms with van der Waals surface area (Å²) < 4.78 is 7.83. The van der Waals surface area contributed by atoms with Crippen molar-refractivity contribution in [1.29, 1.82) is 0 Å². The fourth-order valence-electron chi connectivity index (χ4n) is 3.05. The van der Waals surface area contributed by atoms with Crippen LogP contribution in [0.15, 0.2) is 41.8 Å². The molecule has 2 aromatic rings. The lowest BCUT2D eigenvalue weighted by Gasteiger charge is -2.13. The standard InChI is InChI=1S/C19H28N6O/c1-20-19(21-10-4-12-25-13-5-11-24-25)23-15-16-8-9-18(22-14-16)26-17-6-2-3-7-17/h5,8-9,11,13-14,17H,2-4,6-7,10,12,15H2,1H3,(H2,20,21,23). The molecule has 140 valence electrons. The zero-order valence-electron chi connectivity index (χ0n) is 15.4. The molecule has 0 bridgehead atoms. The van der Waals surface area contributed by atoms with Gasteiger partial charge in [-0.15, -0.1) is 0 Å². The number of guanidine groups is 1. The zero-order valence-corrected chi connectivity index (χ0v) is 15.4. The van der Waals surface area contributed by atoms with Crippen molar-refractivity contribution in [2.75, 3.05) is 13.6 Å². The normalized spacial score (nSPS) is 15.2. The van der Waals surface area contributed by atoms with E-state index in [4.69, 9.17) is 4.74 Å². The molecule has 0 aromatic carbocycles. The molecule has 0 unspecified atom stereocenters.